The van der Waals surface area contributed by atoms with Gasteiger partial charge in [0.2, 0.25) is 0 Å². The molecule has 1 aliphatic rings. The third-order valence-electron chi connectivity index (χ3n) is 4.89. The molecule has 1 fully saturated rings. The van der Waals surface area contributed by atoms with Crippen molar-refractivity contribution < 1.29 is 5.11 Å². The van der Waals surface area contributed by atoms with Crippen LogP contribution in [0.3, 0.4) is 0 Å². The van der Waals surface area contributed by atoms with Crippen molar-refractivity contribution in [3.8, 4) is 0 Å². The van der Waals surface area contributed by atoms with Crippen molar-refractivity contribution in [1.82, 2.24) is 15.5 Å². The van der Waals surface area contributed by atoms with E-state index in [1.54, 1.807) is 11.3 Å². The molecule has 6 heteroatoms. The van der Waals surface area contributed by atoms with Gasteiger partial charge in [0.25, 0.3) is 0 Å². The number of piperidine rings is 1. The molecule has 1 aromatic rings. The number of thiophene rings is 1. The minimum absolute atomic E-state index is 0.349. The molecule has 2 heterocycles. The lowest BCUT2D eigenvalue weighted by atomic mass is 10.00. The Kier molecular flexibility index (Phi) is 8.19. The van der Waals surface area contributed by atoms with Crippen molar-refractivity contribution >= 4 is 17.3 Å². The van der Waals surface area contributed by atoms with Gasteiger partial charge in [0, 0.05) is 25.7 Å². The highest BCUT2D eigenvalue weighted by Gasteiger charge is 2.23. The molecular formula is C19H34N4OS. The lowest BCUT2D eigenvalue weighted by Gasteiger charge is -2.33. The van der Waals surface area contributed by atoms with E-state index in [4.69, 9.17) is 0 Å². The van der Waals surface area contributed by atoms with Gasteiger partial charge >= 0.3 is 0 Å². The van der Waals surface area contributed by atoms with Gasteiger partial charge in [-0.1, -0.05) is 6.42 Å². The minimum Gasteiger partial charge on any atom is -0.383 e. The molecule has 0 spiro atoms. The van der Waals surface area contributed by atoms with Crippen LogP contribution < -0.4 is 10.6 Å². The average Bonchev–Trinajstić information content (AvgIpc) is 3.13. The first kappa shape index (κ1) is 20.2. The molecule has 142 valence electrons. The molecule has 2 rings (SSSR count). The van der Waals surface area contributed by atoms with Gasteiger partial charge in [0.1, 0.15) is 5.60 Å². The molecule has 3 N–H and O–H groups in total. The van der Waals surface area contributed by atoms with E-state index in [9.17, 15) is 5.11 Å². The maximum atomic E-state index is 10.6. The summed E-state index contributed by atoms with van der Waals surface area (Å²) >= 11 is 1.60. The molecular weight excluding hydrogens is 332 g/mol. The van der Waals surface area contributed by atoms with Gasteiger partial charge in [-0.25, -0.2) is 4.99 Å². The number of hydrogen-bond acceptors (Lipinski definition) is 4. The highest BCUT2D eigenvalue weighted by Crippen LogP contribution is 2.23. The van der Waals surface area contributed by atoms with Crippen LogP contribution in [0.15, 0.2) is 21.8 Å². The number of likely N-dealkylation sites (tertiary alicyclic amines) is 1. The molecule has 0 amide bonds. The second-order valence-corrected chi connectivity index (χ2v) is 7.92. The largest absolute Gasteiger partial charge is 0.383 e. The second-order valence-electron chi connectivity index (χ2n) is 7.14. The minimum atomic E-state index is -0.925. The standard InChI is InChI=1S/C19H34N4OS/c1-4-20-18(22-15-19(3,24)17-9-13-25-14-17)21-10-7-12-23-11-6-5-8-16(23)2/h9,13-14,16,24H,4-8,10-12,15H2,1-3H3,(H2,20,21,22). The third-order valence-corrected chi connectivity index (χ3v) is 5.57. The Balaban J connectivity index is 1.77. The molecule has 1 saturated heterocycles. The Bertz CT molecular complexity index is 516. The number of aliphatic imine (C=N–C) groups is 1. The number of nitrogens with zero attached hydrogens (tertiary/aromatic N) is 2. The summed E-state index contributed by atoms with van der Waals surface area (Å²) in [5.74, 6) is 0.782. The van der Waals surface area contributed by atoms with Crippen LogP contribution in [-0.4, -0.2) is 54.7 Å². The zero-order valence-corrected chi connectivity index (χ0v) is 16.7. The molecule has 0 bridgehead atoms. The summed E-state index contributed by atoms with van der Waals surface area (Å²) < 4.78 is 0. The van der Waals surface area contributed by atoms with Crippen LogP contribution in [0.5, 0.6) is 0 Å². The Morgan fingerprint density at radius 2 is 2.28 bits per heavy atom. The summed E-state index contributed by atoms with van der Waals surface area (Å²) in [5.41, 5.74) is 0.00201. The molecule has 0 saturated carbocycles. The molecule has 2 unspecified atom stereocenters. The van der Waals surface area contributed by atoms with Crippen LogP contribution in [0.2, 0.25) is 0 Å². The quantitative estimate of drug-likeness (QED) is 0.376. The van der Waals surface area contributed by atoms with Crippen molar-refractivity contribution in [2.45, 2.75) is 58.1 Å². The highest BCUT2D eigenvalue weighted by molar-refractivity contribution is 7.08. The molecule has 5 nitrogen and oxygen atoms in total. The van der Waals surface area contributed by atoms with Crippen molar-refractivity contribution in [3.63, 3.8) is 0 Å². The van der Waals surface area contributed by atoms with E-state index in [2.05, 4.69) is 34.4 Å². The van der Waals surface area contributed by atoms with Crippen molar-refractivity contribution in [3.05, 3.63) is 22.4 Å². The summed E-state index contributed by atoms with van der Waals surface area (Å²) in [6.45, 7) is 10.7. The summed E-state index contributed by atoms with van der Waals surface area (Å²) in [6.07, 6.45) is 5.14. The third kappa shape index (κ3) is 6.60. The molecule has 1 aromatic heterocycles. The second kappa shape index (κ2) is 10.1. The lowest BCUT2D eigenvalue weighted by molar-refractivity contribution is 0.0677. The van der Waals surface area contributed by atoms with Crippen molar-refractivity contribution in [2.24, 2.45) is 4.99 Å². The van der Waals surface area contributed by atoms with E-state index in [1.165, 1.54) is 25.8 Å². The SMILES string of the molecule is CCNC(=NCC(C)(O)c1ccsc1)NCCCN1CCCCC1C. The number of rotatable bonds is 8. The van der Waals surface area contributed by atoms with Gasteiger partial charge in [-0.2, -0.15) is 11.3 Å². The molecule has 0 aliphatic carbocycles. The Morgan fingerprint density at radius 1 is 1.44 bits per heavy atom. The number of nitrogens with one attached hydrogen (secondary N) is 2. The summed E-state index contributed by atoms with van der Waals surface area (Å²) in [5, 5.41) is 21.2. The van der Waals surface area contributed by atoms with Crippen LogP contribution in [0, 0.1) is 0 Å². The lowest BCUT2D eigenvalue weighted by Crippen LogP contribution is -2.42. The maximum Gasteiger partial charge on any atom is 0.191 e. The predicted octanol–water partition coefficient (Wildman–Crippen LogP) is 2.78. The van der Waals surface area contributed by atoms with Crippen LogP contribution in [0.1, 0.15) is 52.0 Å². The molecule has 0 aromatic carbocycles. The van der Waals surface area contributed by atoms with Crippen LogP contribution in [-0.2, 0) is 5.60 Å². The van der Waals surface area contributed by atoms with Gasteiger partial charge < -0.3 is 20.6 Å². The fourth-order valence-corrected chi connectivity index (χ4v) is 4.00. The number of guanidine groups is 1. The Hall–Kier alpha value is -1.11. The smallest absolute Gasteiger partial charge is 0.191 e. The first-order chi connectivity index (χ1) is 12.0. The van der Waals surface area contributed by atoms with Gasteiger partial charge in [0.05, 0.1) is 6.54 Å². The van der Waals surface area contributed by atoms with E-state index >= 15 is 0 Å². The monoisotopic (exact) mass is 366 g/mol. The van der Waals surface area contributed by atoms with Gasteiger partial charge in [0.15, 0.2) is 5.96 Å². The highest BCUT2D eigenvalue weighted by atomic mass is 32.1. The van der Waals surface area contributed by atoms with Crippen LogP contribution in [0.25, 0.3) is 0 Å². The van der Waals surface area contributed by atoms with Crippen LogP contribution in [0.4, 0.5) is 0 Å². The number of hydrogen-bond donors (Lipinski definition) is 3. The Morgan fingerprint density at radius 3 is 2.96 bits per heavy atom. The fourth-order valence-electron chi connectivity index (χ4n) is 3.22. The predicted molar refractivity (Wildman–Crippen MR) is 107 cm³/mol. The zero-order valence-electron chi connectivity index (χ0n) is 15.9. The zero-order chi connectivity index (χ0) is 18.1. The normalized spacial score (nSPS) is 21.8. The van der Waals surface area contributed by atoms with Gasteiger partial charge in [-0.15, -0.1) is 0 Å². The Labute approximate surface area is 156 Å². The summed E-state index contributed by atoms with van der Waals surface area (Å²) in [6, 6.07) is 2.68. The first-order valence-corrected chi connectivity index (χ1v) is 10.5. The molecule has 0 radical (unpaired) electrons. The topological polar surface area (TPSA) is 59.9 Å². The first-order valence-electron chi connectivity index (χ1n) is 9.54. The van der Waals surface area contributed by atoms with Gasteiger partial charge in [-0.05, 0) is 69.0 Å². The number of aliphatic hydroxyl groups is 1. The van der Waals surface area contributed by atoms with E-state index in [-0.39, 0.29) is 0 Å². The van der Waals surface area contributed by atoms with Crippen molar-refractivity contribution in [1.29, 1.82) is 0 Å². The summed E-state index contributed by atoms with van der Waals surface area (Å²) in [7, 11) is 0. The fraction of sp³-hybridized carbons (Fsp3) is 0.737. The van der Waals surface area contributed by atoms with E-state index in [0.717, 1.165) is 43.6 Å². The van der Waals surface area contributed by atoms with E-state index in [1.807, 2.05) is 23.8 Å². The van der Waals surface area contributed by atoms with Gasteiger partial charge in [-0.3, -0.25) is 0 Å². The maximum absolute atomic E-state index is 10.6. The molecule has 1 aliphatic heterocycles. The van der Waals surface area contributed by atoms with E-state index in [0.29, 0.717) is 6.54 Å². The molecule has 2 atom stereocenters. The van der Waals surface area contributed by atoms with E-state index < -0.39 is 5.60 Å². The molecule has 25 heavy (non-hydrogen) atoms. The van der Waals surface area contributed by atoms with Crippen LogP contribution >= 0.6 is 11.3 Å². The van der Waals surface area contributed by atoms with Crippen molar-refractivity contribution in [2.75, 3.05) is 32.7 Å². The average molecular weight is 367 g/mol. The summed E-state index contributed by atoms with van der Waals surface area (Å²) in [4.78, 5) is 7.17.